The van der Waals surface area contributed by atoms with E-state index in [1.165, 1.54) is 24.4 Å². The summed E-state index contributed by atoms with van der Waals surface area (Å²) in [5, 5.41) is 25.7. The number of nitrogens with two attached hydrogens (primary N) is 1. The van der Waals surface area contributed by atoms with Gasteiger partial charge in [-0.2, -0.15) is 5.10 Å². The average Bonchev–Trinajstić information content (AvgIpc) is 2.92. The molecule has 1 aliphatic rings. The molecule has 0 spiro atoms. The van der Waals surface area contributed by atoms with Crippen molar-refractivity contribution in [3.63, 3.8) is 0 Å². The molecule has 2 aromatic carbocycles. The third kappa shape index (κ3) is 4.52. The van der Waals surface area contributed by atoms with Gasteiger partial charge in [0, 0.05) is 10.9 Å². The van der Waals surface area contributed by atoms with E-state index < -0.39 is 5.25 Å². The molecule has 1 saturated heterocycles. The summed E-state index contributed by atoms with van der Waals surface area (Å²) >= 11 is 4.28. The van der Waals surface area contributed by atoms with Gasteiger partial charge in [0.15, 0.2) is 16.7 Å². The third-order valence-corrected chi connectivity index (χ3v) is 5.32. The molecule has 8 nitrogen and oxygen atoms in total. The Morgan fingerprint density at radius 2 is 1.89 bits per heavy atom. The molecule has 0 aliphatic carbocycles. The fraction of sp³-hybridized carbons (Fsp3) is 0.111. The average molecular weight is 463 g/mol. The van der Waals surface area contributed by atoms with Crippen molar-refractivity contribution in [2.75, 3.05) is 4.90 Å². The van der Waals surface area contributed by atoms with Gasteiger partial charge >= 0.3 is 0 Å². The van der Waals surface area contributed by atoms with E-state index in [1.807, 2.05) is 0 Å². The van der Waals surface area contributed by atoms with Crippen molar-refractivity contribution in [1.82, 2.24) is 0 Å². The first kappa shape index (κ1) is 19.9. The van der Waals surface area contributed by atoms with Crippen LogP contribution in [0.15, 0.2) is 57.1 Å². The number of hydrogen-bond donors (Lipinski definition) is 3. The SMILES string of the molecule is NC(=NN=Cc1ccc(O)c(O)c1)SC1CC(=O)N(c2ccc(Br)cc2)C1=O. The number of hydrogen-bond acceptors (Lipinski definition) is 7. The molecule has 1 heterocycles. The van der Waals surface area contributed by atoms with E-state index in [2.05, 4.69) is 26.1 Å². The summed E-state index contributed by atoms with van der Waals surface area (Å²) in [6.45, 7) is 0. The molecule has 0 saturated carbocycles. The topological polar surface area (TPSA) is 129 Å². The van der Waals surface area contributed by atoms with Gasteiger partial charge in [-0.05, 0) is 48.0 Å². The number of anilines is 1. The molecule has 4 N–H and O–H groups in total. The zero-order chi connectivity index (χ0) is 20.3. The Bertz CT molecular complexity index is 978. The van der Waals surface area contributed by atoms with Crippen molar-refractivity contribution in [2.24, 2.45) is 15.9 Å². The Morgan fingerprint density at radius 1 is 1.18 bits per heavy atom. The van der Waals surface area contributed by atoms with Gasteiger partial charge in [-0.3, -0.25) is 9.59 Å². The van der Waals surface area contributed by atoms with Crippen LogP contribution in [-0.4, -0.2) is 38.7 Å². The summed E-state index contributed by atoms with van der Waals surface area (Å²) in [6.07, 6.45) is 1.35. The Balaban J connectivity index is 1.65. The van der Waals surface area contributed by atoms with Crippen LogP contribution in [0.1, 0.15) is 12.0 Å². The van der Waals surface area contributed by atoms with Gasteiger partial charge in [0.2, 0.25) is 11.8 Å². The van der Waals surface area contributed by atoms with E-state index >= 15 is 0 Å². The molecular formula is C18H15BrN4O4S. The first-order valence-corrected chi connectivity index (χ1v) is 9.70. The molecular weight excluding hydrogens is 448 g/mol. The van der Waals surface area contributed by atoms with E-state index in [1.54, 1.807) is 24.3 Å². The number of benzene rings is 2. The normalized spacial score (nSPS) is 17.7. The molecule has 0 bridgehead atoms. The van der Waals surface area contributed by atoms with Crippen molar-refractivity contribution in [3.05, 3.63) is 52.5 Å². The van der Waals surface area contributed by atoms with Crippen molar-refractivity contribution < 1.29 is 19.8 Å². The standard InChI is InChI=1S/C18H15BrN4O4S/c19-11-2-4-12(5-3-11)23-16(26)8-15(17(23)27)28-18(20)22-21-9-10-1-6-13(24)14(25)7-10/h1-7,9,15,24-25H,8H2,(H2,20,22). The molecule has 0 aromatic heterocycles. The smallest absolute Gasteiger partial charge is 0.247 e. The minimum absolute atomic E-state index is 0.0192. The first-order valence-electron chi connectivity index (χ1n) is 8.02. The predicted octanol–water partition coefficient (Wildman–Crippen LogP) is 2.57. The number of amidine groups is 1. The number of rotatable bonds is 4. The maximum absolute atomic E-state index is 12.6. The van der Waals surface area contributed by atoms with Crippen LogP contribution < -0.4 is 10.6 Å². The molecule has 144 valence electrons. The number of nitrogens with zero attached hydrogens (tertiary/aromatic N) is 3. The molecule has 1 unspecified atom stereocenters. The summed E-state index contributed by atoms with van der Waals surface area (Å²) in [5.74, 6) is -1.18. The summed E-state index contributed by atoms with van der Waals surface area (Å²) < 4.78 is 0.845. The molecule has 2 aromatic rings. The highest BCUT2D eigenvalue weighted by Crippen LogP contribution is 2.30. The van der Waals surface area contributed by atoms with E-state index in [0.29, 0.717) is 11.3 Å². The van der Waals surface area contributed by atoms with Crippen LogP contribution in [0.25, 0.3) is 0 Å². The molecule has 1 atom stereocenters. The lowest BCUT2D eigenvalue weighted by atomic mass is 10.2. The molecule has 1 fully saturated rings. The maximum Gasteiger partial charge on any atom is 0.247 e. The van der Waals surface area contributed by atoms with Gasteiger partial charge in [0.25, 0.3) is 0 Å². The summed E-state index contributed by atoms with van der Waals surface area (Å²) in [7, 11) is 0. The van der Waals surface area contributed by atoms with Gasteiger partial charge in [-0.25, -0.2) is 4.90 Å². The molecule has 3 rings (SSSR count). The number of carbonyl (C=O) groups is 2. The highest BCUT2D eigenvalue weighted by Gasteiger charge is 2.40. The highest BCUT2D eigenvalue weighted by atomic mass is 79.9. The van der Waals surface area contributed by atoms with Gasteiger partial charge in [-0.1, -0.05) is 27.7 Å². The Kier molecular flexibility index (Phi) is 6.00. The Hall–Kier alpha value is -2.85. The molecule has 28 heavy (non-hydrogen) atoms. The summed E-state index contributed by atoms with van der Waals surface area (Å²) in [4.78, 5) is 26.0. The van der Waals surface area contributed by atoms with Crippen molar-refractivity contribution in [2.45, 2.75) is 11.7 Å². The van der Waals surface area contributed by atoms with Crippen molar-refractivity contribution in [3.8, 4) is 11.5 Å². The zero-order valence-electron chi connectivity index (χ0n) is 14.3. The fourth-order valence-electron chi connectivity index (χ4n) is 2.50. The minimum Gasteiger partial charge on any atom is -0.504 e. The van der Waals surface area contributed by atoms with Crippen LogP contribution in [0.3, 0.4) is 0 Å². The van der Waals surface area contributed by atoms with E-state index in [-0.39, 0.29) is 34.9 Å². The second-order valence-corrected chi connectivity index (χ2v) is 7.92. The predicted molar refractivity (Wildman–Crippen MR) is 112 cm³/mol. The molecule has 10 heteroatoms. The van der Waals surface area contributed by atoms with Gasteiger partial charge in [0.05, 0.1) is 11.9 Å². The number of amides is 2. The lowest BCUT2D eigenvalue weighted by Crippen LogP contribution is -2.31. The molecule has 0 radical (unpaired) electrons. The highest BCUT2D eigenvalue weighted by molar-refractivity contribution is 9.10. The van der Waals surface area contributed by atoms with E-state index in [9.17, 15) is 19.8 Å². The minimum atomic E-state index is -0.673. The lowest BCUT2D eigenvalue weighted by Gasteiger charge is -2.14. The largest absolute Gasteiger partial charge is 0.504 e. The second-order valence-electron chi connectivity index (χ2n) is 5.79. The van der Waals surface area contributed by atoms with Gasteiger partial charge < -0.3 is 15.9 Å². The monoisotopic (exact) mass is 462 g/mol. The number of thioether (sulfide) groups is 1. The lowest BCUT2D eigenvalue weighted by molar-refractivity contribution is -0.121. The maximum atomic E-state index is 12.6. The Morgan fingerprint density at radius 3 is 2.57 bits per heavy atom. The van der Waals surface area contributed by atoms with Gasteiger partial charge in [0.1, 0.15) is 5.25 Å². The quantitative estimate of drug-likeness (QED) is 0.210. The number of phenols is 2. The van der Waals surface area contributed by atoms with Crippen LogP contribution in [-0.2, 0) is 9.59 Å². The van der Waals surface area contributed by atoms with Crippen LogP contribution in [0.2, 0.25) is 0 Å². The number of carbonyl (C=O) groups excluding carboxylic acids is 2. The van der Waals surface area contributed by atoms with Crippen molar-refractivity contribution in [1.29, 1.82) is 0 Å². The summed E-state index contributed by atoms with van der Waals surface area (Å²) in [5.41, 5.74) is 6.81. The number of halogens is 1. The van der Waals surface area contributed by atoms with Crippen LogP contribution >= 0.6 is 27.7 Å². The number of aromatic hydroxyl groups is 2. The zero-order valence-corrected chi connectivity index (χ0v) is 16.7. The first-order chi connectivity index (χ1) is 13.3. The summed E-state index contributed by atoms with van der Waals surface area (Å²) in [6, 6.07) is 11.0. The fourth-order valence-corrected chi connectivity index (χ4v) is 3.58. The second kappa shape index (κ2) is 8.44. The van der Waals surface area contributed by atoms with Crippen molar-refractivity contribution >= 4 is 56.6 Å². The molecule has 2 amide bonds. The van der Waals surface area contributed by atoms with E-state index in [4.69, 9.17) is 5.73 Å². The number of phenolic OH excluding ortho intramolecular Hbond substituents is 2. The van der Waals surface area contributed by atoms with Crippen LogP contribution in [0.4, 0.5) is 5.69 Å². The molecule has 1 aliphatic heterocycles. The number of imide groups is 1. The van der Waals surface area contributed by atoms with Gasteiger partial charge in [-0.15, -0.1) is 5.10 Å². The Labute approximate surface area is 172 Å². The van der Waals surface area contributed by atoms with E-state index in [0.717, 1.165) is 21.1 Å². The van der Waals surface area contributed by atoms with Crippen LogP contribution in [0.5, 0.6) is 11.5 Å². The third-order valence-electron chi connectivity index (χ3n) is 3.82. The van der Waals surface area contributed by atoms with Crippen LogP contribution in [0, 0.1) is 0 Å².